The third-order valence-electron chi connectivity index (χ3n) is 5.73. The molecular weight excluding hydrogens is 461 g/mol. The van der Waals surface area contributed by atoms with Crippen molar-refractivity contribution in [1.82, 2.24) is 9.88 Å². The van der Waals surface area contributed by atoms with Crippen molar-refractivity contribution in [2.75, 3.05) is 7.11 Å². The van der Waals surface area contributed by atoms with Crippen LogP contribution >= 0.6 is 0 Å². The molecule has 1 unspecified atom stereocenters. The van der Waals surface area contributed by atoms with Gasteiger partial charge in [-0.3, -0.25) is 14.6 Å². The van der Waals surface area contributed by atoms with Crippen LogP contribution in [0.15, 0.2) is 72.4 Å². The monoisotopic (exact) mass is 482 g/mol. The number of pyridine rings is 1. The van der Waals surface area contributed by atoms with Crippen LogP contribution in [0.25, 0.3) is 5.76 Å². The van der Waals surface area contributed by atoms with Crippen molar-refractivity contribution in [2.24, 2.45) is 0 Å². The topological polar surface area (TPSA) is 79.7 Å². The van der Waals surface area contributed by atoms with Crippen LogP contribution in [0.3, 0.4) is 0 Å². The number of carbonyl (C=O) groups is 2. The molecule has 1 amide bonds. The van der Waals surface area contributed by atoms with E-state index < -0.39 is 35.2 Å². The smallest absolute Gasteiger partial charge is 0.416 e. The van der Waals surface area contributed by atoms with E-state index >= 15 is 0 Å². The molecule has 1 saturated heterocycles. The number of likely N-dealkylation sites (tertiary alicyclic amines) is 1. The predicted octanol–water partition coefficient (Wildman–Crippen LogP) is 5.04. The summed E-state index contributed by atoms with van der Waals surface area (Å²) in [5.74, 6) is -2.08. The third-order valence-corrected chi connectivity index (χ3v) is 5.73. The van der Waals surface area contributed by atoms with Gasteiger partial charge < -0.3 is 14.7 Å². The number of rotatable bonds is 5. The van der Waals surface area contributed by atoms with Crippen molar-refractivity contribution in [3.63, 3.8) is 0 Å². The fraction of sp³-hybridized carbons (Fsp3) is 0.192. The van der Waals surface area contributed by atoms with Gasteiger partial charge in [-0.05, 0) is 48.9 Å². The number of alkyl halides is 3. The van der Waals surface area contributed by atoms with E-state index in [0.29, 0.717) is 0 Å². The number of ketones is 1. The normalized spacial score (nSPS) is 17.6. The minimum absolute atomic E-state index is 0.177. The van der Waals surface area contributed by atoms with Crippen LogP contribution in [0, 0.1) is 6.92 Å². The van der Waals surface area contributed by atoms with Gasteiger partial charge in [0.25, 0.3) is 11.7 Å². The molecule has 2 aromatic carbocycles. The van der Waals surface area contributed by atoms with Gasteiger partial charge in [-0.25, -0.2) is 0 Å². The summed E-state index contributed by atoms with van der Waals surface area (Å²) in [6.07, 6.45) is -3.10. The maximum Gasteiger partial charge on any atom is 0.416 e. The van der Waals surface area contributed by atoms with E-state index in [2.05, 4.69) is 4.98 Å². The number of methoxy groups -OCH3 is 1. The highest BCUT2D eigenvalue weighted by Gasteiger charge is 2.47. The van der Waals surface area contributed by atoms with Gasteiger partial charge in [0.05, 0.1) is 29.5 Å². The lowest BCUT2D eigenvalue weighted by molar-refractivity contribution is -0.140. The summed E-state index contributed by atoms with van der Waals surface area (Å²) in [6.45, 7) is 1.50. The van der Waals surface area contributed by atoms with Crippen molar-refractivity contribution < 1.29 is 32.6 Å². The predicted molar refractivity (Wildman–Crippen MR) is 121 cm³/mol. The van der Waals surface area contributed by atoms with E-state index in [1.54, 1.807) is 43.3 Å². The van der Waals surface area contributed by atoms with Crippen LogP contribution in [0.4, 0.5) is 13.2 Å². The second kappa shape index (κ2) is 9.25. The number of hydrogen-bond acceptors (Lipinski definition) is 5. The first-order valence-corrected chi connectivity index (χ1v) is 10.6. The van der Waals surface area contributed by atoms with Crippen LogP contribution in [0.2, 0.25) is 0 Å². The Morgan fingerprint density at radius 1 is 1.09 bits per heavy atom. The Bertz CT molecular complexity index is 1320. The first-order valence-electron chi connectivity index (χ1n) is 10.6. The molecule has 9 heteroatoms. The molecule has 4 rings (SSSR count). The fourth-order valence-corrected chi connectivity index (χ4v) is 4.08. The standard InChI is InChI=1S/C26H21F3N2O4/c1-15-9-10-20(35-2)18(12-15)23(32)21-22(19-8-3-4-11-30-19)31(25(34)24(21)33)14-16-6-5-7-17(13-16)26(27,28)29/h3-13,22,32H,14H2,1-2H3/b23-21+. The van der Waals surface area contributed by atoms with Crippen molar-refractivity contribution in [3.8, 4) is 5.75 Å². The lowest BCUT2D eigenvalue weighted by atomic mass is 9.97. The average molecular weight is 482 g/mol. The van der Waals surface area contributed by atoms with E-state index in [9.17, 15) is 27.9 Å². The summed E-state index contributed by atoms with van der Waals surface area (Å²) in [6, 6.07) is 13.3. The van der Waals surface area contributed by atoms with Crippen molar-refractivity contribution in [1.29, 1.82) is 0 Å². The molecule has 1 atom stereocenters. The average Bonchev–Trinajstić information content (AvgIpc) is 3.08. The number of amides is 1. The van der Waals surface area contributed by atoms with Crippen LogP contribution in [-0.2, 0) is 22.3 Å². The zero-order valence-corrected chi connectivity index (χ0v) is 18.8. The van der Waals surface area contributed by atoms with Crippen LogP contribution in [0.5, 0.6) is 5.75 Å². The zero-order valence-electron chi connectivity index (χ0n) is 18.8. The van der Waals surface area contributed by atoms with Gasteiger partial charge in [0.15, 0.2) is 0 Å². The molecule has 35 heavy (non-hydrogen) atoms. The molecule has 1 fully saturated rings. The quantitative estimate of drug-likeness (QED) is 0.313. The highest BCUT2D eigenvalue weighted by molar-refractivity contribution is 6.46. The number of aliphatic hydroxyl groups excluding tert-OH is 1. The molecule has 0 radical (unpaired) electrons. The first kappa shape index (κ1) is 24.0. The molecular formula is C26H21F3N2O4. The number of aliphatic hydroxyl groups is 1. The van der Waals surface area contributed by atoms with E-state index in [1.807, 2.05) is 0 Å². The number of carbonyl (C=O) groups excluding carboxylic acids is 2. The minimum atomic E-state index is -4.56. The minimum Gasteiger partial charge on any atom is -0.507 e. The molecule has 0 spiro atoms. The van der Waals surface area contributed by atoms with E-state index in [0.717, 1.165) is 22.6 Å². The number of aromatic nitrogens is 1. The van der Waals surface area contributed by atoms with Gasteiger partial charge in [0, 0.05) is 12.7 Å². The maximum atomic E-state index is 13.2. The van der Waals surface area contributed by atoms with E-state index in [-0.39, 0.29) is 34.7 Å². The third kappa shape index (κ3) is 4.62. The first-order chi connectivity index (χ1) is 16.6. The number of Topliss-reactive ketones (excluding diaryl/α,β-unsaturated/α-hetero) is 1. The van der Waals surface area contributed by atoms with Gasteiger partial charge in [-0.2, -0.15) is 13.2 Å². The number of hydrogen-bond donors (Lipinski definition) is 1. The largest absolute Gasteiger partial charge is 0.507 e. The van der Waals surface area contributed by atoms with E-state index in [4.69, 9.17) is 4.74 Å². The van der Waals surface area contributed by atoms with Crippen LogP contribution < -0.4 is 4.74 Å². The molecule has 1 aromatic heterocycles. The van der Waals surface area contributed by atoms with Gasteiger partial charge >= 0.3 is 6.18 Å². The molecule has 1 N–H and O–H groups in total. The van der Waals surface area contributed by atoms with Crippen molar-refractivity contribution >= 4 is 17.4 Å². The summed E-state index contributed by atoms with van der Waals surface area (Å²) < 4.78 is 45.0. The van der Waals surface area contributed by atoms with Gasteiger partial charge in [-0.1, -0.05) is 29.8 Å². The van der Waals surface area contributed by atoms with Gasteiger partial charge in [-0.15, -0.1) is 0 Å². The van der Waals surface area contributed by atoms with E-state index in [1.165, 1.54) is 25.4 Å². The van der Waals surface area contributed by atoms with Crippen LogP contribution in [0.1, 0.15) is 34.0 Å². The molecule has 180 valence electrons. The molecule has 3 aromatic rings. The SMILES string of the molecule is COc1ccc(C)cc1/C(O)=C1\C(=O)C(=O)N(Cc2cccc(C(F)(F)F)c2)C1c1ccccn1. The molecule has 0 saturated carbocycles. The molecule has 6 nitrogen and oxygen atoms in total. The number of aryl methyl sites for hydroxylation is 1. The lowest BCUT2D eigenvalue weighted by Crippen LogP contribution is -2.29. The molecule has 2 heterocycles. The molecule has 0 aliphatic carbocycles. The van der Waals surface area contributed by atoms with Gasteiger partial charge in [0.2, 0.25) is 0 Å². The van der Waals surface area contributed by atoms with Crippen molar-refractivity contribution in [2.45, 2.75) is 25.7 Å². The Morgan fingerprint density at radius 3 is 2.51 bits per heavy atom. The highest BCUT2D eigenvalue weighted by atomic mass is 19.4. The second-order valence-corrected chi connectivity index (χ2v) is 8.08. The Hall–Kier alpha value is -4.14. The molecule has 0 bridgehead atoms. The molecule has 1 aliphatic heterocycles. The Labute approximate surface area is 199 Å². The summed E-state index contributed by atoms with van der Waals surface area (Å²) in [5, 5.41) is 11.2. The summed E-state index contributed by atoms with van der Waals surface area (Å²) in [4.78, 5) is 31.6. The number of halogens is 3. The highest BCUT2D eigenvalue weighted by Crippen LogP contribution is 2.41. The summed E-state index contributed by atoms with van der Waals surface area (Å²) >= 11 is 0. The maximum absolute atomic E-state index is 13.2. The summed E-state index contributed by atoms with van der Waals surface area (Å²) in [5.41, 5.74) is 0.364. The number of ether oxygens (including phenoxy) is 1. The zero-order chi connectivity index (χ0) is 25.3. The van der Waals surface area contributed by atoms with Gasteiger partial charge in [0.1, 0.15) is 17.6 Å². The lowest BCUT2D eigenvalue weighted by Gasteiger charge is -2.25. The Kier molecular flexibility index (Phi) is 6.34. The Morgan fingerprint density at radius 2 is 1.86 bits per heavy atom. The summed E-state index contributed by atoms with van der Waals surface area (Å²) in [7, 11) is 1.41. The second-order valence-electron chi connectivity index (χ2n) is 8.08. The molecule has 1 aliphatic rings. The van der Waals surface area contributed by atoms with Crippen molar-refractivity contribution in [3.05, 3.63) is 100 Å². The Balaban J connectivity index is 1.87. The number of nitrogens with zero attached hydrogens (tertiary/aromatic N) is 2. The number of benzene rings is 2. The van der Waals surface area contributed by atoms with Crippen LogP contribution in [-0.4, -0.2) is 33.8 Å². The fourth-order valence-electron chi connectivity index (χ4n) is 4.08.